The van der Waals surface area contributed by atoms with Crippen molar-refractivity contribution in [1.29, 1.82) is 0 Å². The first-order valence-corrected chi connectivity index (χ1v) is 10.1. The van der Waals surface area contributed by atoms with Crippen molar-refractivity contribution in [1.82, 2.24) is 14.5 Å². The van der Waals surface area contributed by atoms with Crippen molar-refractivity contribution < 1.29 is 13.2 Å². The highest BCUT2D eigenvalue weighted by Crippen LogP contribution is 2.27. The van der Waals surface area contributed by atoms with E-state index in [9.17, 15) is 13.2 Å². The van der Waals surface area contributed by atoms with E-state index in [0.29, 0.717) is 29.5 Å². The van der Waals surface area contributed by atoms with Crippen molar-refractivity contribution in [2.75, 3.05) is 17.6 Å². The molecule has 1 N–H and O–H groups in total. The molecule has 1 aliphatic rings. The summed E-state index contributed by atoms with van der Waals surface area (Å²) in [5, 5.41) is 11.8. The molecule has 1 saturated heterocycles. The fraction of sp³-hybridized carbons (Fsp3) is 0.400. The molecule has 2 heterocycles. The van der Waals surface area contributed by atoms with Gasteiger partial charge in [-0.15, -0.1) is 10.2 Å². The topological polar surface area (TPSA) is 92.3 Å². The minimum atomic E-state index is -3.38. The summed E-state index contributed by atoms with van der Waals surface area (Å²) in [6.07, 6.45) is 1.21. The van der Waals surface area contributed by atoms with E-state index in [1.54, 1.807) is 6.92 Å². The molecular weight excluding hydrogens is 348 g/mol. The fourth-order valence-corrected chi connectivity index (χ4v) is 4.74. The van der Waals surface area contributed by atoms with Gasteiger partial charge in [0.15, 0.2) is 0 Å². The number of rotatable bonds is 5. The fourth-order valence-electron chi connectivity index (χ4n) is 2.66. The highest BCUT2D eigenvalue weighted by atomic mass is 32.2. The second-order valence-electron chi connectivity index (χ2n) is 5.44. The maximum atomic E-state index is 12.5. The van der Waals surface area contributed by atoms with E-state index in [-0.39, 0.29) is 11.7 Å². The highest BCUT2D eigenvalue weighted by Gasteiger charge is 2.37. The largest absolute Gasteiger partial charge is 0.299 e. The number of benzene rings is 1. The third kappa shape index (κ3) is 3.47. The maximum absolute atomic E-state index is 12.5. The number of amides is 1. The molecule has 2 aromatic rings. The summed E-state index contributed by atoms with van der Waals surface area (Å²) < 4.78 is 25.5. The Morgan fingerprint density at radius 3 is 2.79 bits per heavy atom. The zero-order valence-electron chi connectivity index (χ0n) is 13.2. The smallest absolute Gasteiger partial charge is 0.244 e. The number of sulfonamides is 1. The van der Waals surface area contributed by atoms with Gasteiger partial charge in [-0.05, 0) is 19.8 Å². The van der Waals surface area contributed by atoms with Crippen LogP contribution in [0.25, 0.3) is 10.6 Å². The molecular formula is C15H18N4O3S2. The zero-order chi connectivity index (χ0) is 17.2. The summed E-state index contributed by atoms with van der Waals surface area (Å²) in [4.78, 5) is 12.5. The molecule has 24 heavy (non-hydrogen) atoms. The van der Waals surface area contributed by atoms with Crippen molar-refractivity contribution in [3.8, 4) is 10.6 Å². The van der Waals surface area contributed by atoms with Gasteiger partial charge in [0.1, 0.15) is 11.0 Å². The lowest BCUT2D eigenvalue weighted by Gasteiger charge is -2.21. The first-order valence-electron chi connectivity index (χ1n) is 7.70. The van der Waals surface area contributed by atoms with Gasteiger partial charge >= 0.3 is 0 Å². The van der Waals surface area contributed by atoms with E-state index in [1.165, 1.54) is 15.6 Å². The molecule has 0 radical (unpaired) electrons. The number of hydrogen-bond acceptors (Lipinski definition) is 6. The van der Waals surface area contributed by atoms with Crippen LogP contribution in [0.4, 0.5) is 5.13 Å². The average Bonchev–Trinajstić information content (AvgIpc) is 3.25. The lowest BCUT2D eigenvalue weighted by atomic mass is 10.2. The molecule has 0 saturated carbocycles. The number of anilines is 1. The zero-order valence-corrected chi connectivity index (χ0v) is 14.8. The summed E-state index contributed by atoms with van der Waals surface area (Å²) in [7, 11) is -3.38. The number of carbonyl (C=O) groups is 1. The normalized spacial score (nSPS) is 18.6. The van der Waals surface area contributed by atoms with Crippen LogP contribution in [0, 0.1) is 0 Å². The van der Waals surface area contributed by atoms with E-state index < -0.39 is 16.1 Å². The Balaban J connectivity index is 1.72. The molecule has 1 aromatic heterocycles. The Morgan fingerprint density at radius 2 is 2.08 bits per heavy atom. The Labute approximate surface area is 144 Å². The summed E-state index contributed by atoms with van der Waals surface area (Å²) in [5.41, 5.74) is 0.923. The number of nitrogens with zero attached hydrogens (tertiary/aromatic N) is 3. The monoisotopic (exact) mass is 366 g/mol. The predicted octanol–water partition coefficient (Wildman–Crippen LogP) is 1.96. The Hall–Kier alpha value is -1.84. The van der Waals surface area contributed by atoms with Gasteiger partial charge < -0.3 is 0 Å². The van der Waals surface area contributed by atoms with Gasteiger partial charge in [-0.25, -0.2) is 8.42 Å². The Bertz CT molecular complexity index is 820. The lowest BCUT2D eigenvalue weighted by molar-refractivity contribution is -0.119. The minimum Gasteiger partial charge on any atom is -0.299 e. The molecule has 1 aromatic carbocycles. The van der Waals surface area contributed by atoms with Crippen molar-refractivity contribution >= 4 is 32.4 Å². The number of hydrogen-bond donors (Lipinski definition) is 1. The van der Waals surface area contributed by atoms with Crippen molar-refractivity contribution in [3.05, 3.63) is 30.3 Å². The van der Waals surface area contributed by atoms with Gasteiger partial charge in [-0.1, -0.05) is 41.7 Å². The first-order chi connectivity index (χ1) is 11.5. The van der Waals surface area contributed by atoms with Crippen LogP contribution in [0.15, 0.2) is 30.3 Å². The molecule has 1 aliphatic heterocycles. The standard InChI is InChI=1S/C15H18N4O3S2/c1-2-24(21,22)19-10-6-9-12(19)13(20)16-15-18-17-14(23-15)11-7-4-3-5-8-11/h3-5,7-8,12H,2,6,9-10H2,1H3,(H,16,18,20). The third-order valence-corrected chi connectivity index (χ3v) is 6.67. The van der Waals surface area contributed by atoms with Crippen LogP contribution in [-0.4, -0.2) is 47.2 Å². The molecule has 1 atom stereocenters. The van der Waals surface area contributed by atoms with E-state index in [1.807, 2.05) is 30.3 Å². The van der Waals surface area contributed by atoms with Crippen molar-refractivity contribution in [2.45, 2.75) is 25.8 Å². The second kappa shape index (κ2) is 6.96. The molecule has 1 unspecified atom stereocenters. The van der Waals surface area contributed by atoms with E-state index >= 15 is 0 Å². The molecule has 0 aliphatic carbocycles. The maximum Gasteiger partial charge on any atom is 0.244 e. The van der Waals surface area contributed by atoms with Crippen LogP contribution in [-0.2, 0) is 14.8 Å². The summed E-state index contributed by atoms with van der Waals surface area (Å²) in [6, 6.07) is 8.88. The highest BCUT2D eigenvalue weighted by molar-refractivity contribution is 7.89. The summed E-state index contributed by atoms with van der Waals surface area (Å²) in [5.74, 6) is -0.353. The SMILES string of the molecule is CCS(=O)(=O)N1CCCC1C(=O)Nc1nnc(-c2ccccc2)s1. The number of carbonyl (C=O) groups excluding carboxylic acids is 1. The molecule has 9 heteroatoms. The van der Waals surface area contributed by atoms with Crippen LogP contribution in [0.2, 0.25) is 0 Å². The second-order valence-corrected chi connectivity index (χ2v) is 8.62. The van der Waals surface area contributed by atoms with Crippen LogP contribution in [0.3, 0.4) is 0 Å². The number of nitrogens with one attached hydrogen (secondary N) is 1. The molecule has 0 spiro atoms. The lowest BCUT2D eigenvalue weighted by Crippen LogP contribution is -2.43. The quantitative estimate of drug-likeness (QED) is 0.873. The minimum absolute atomic E-state index is 0.00621. The van der Waals surface area contributed by atoms with Crippen LogP contribution in [0.1, 0.15) is 19.8 Å². The van der Waals surface area contributed by atoms with Gasteiger partial charge in [0.2, 0.25) is 21.1 Å². The van der Waals surface area contributed by atoms with Gasteiger partial charge in [0.25, 0.3) is 0 Å². The average molecular weight is 366 g/mol. The van der Waals surface area contributed by atoms with Gasteiger partial charge in [0.05, 0.1) is 5.75 Å². The predicted molar refractivity (Wildman–Crippen MR) is 93.2 cm³/mol. The molecule has 1 fully saturated rings. The van der Waals surface area contributed by atoms with Crippen LogP contribution >= 0.6 is 11.3 Å². The Morgan fingerprint density at radius 1 is 1.33 bits per heavy atom. The summed E-state index contributed by atoms with van der Waals surface area (Å²) in [6.45, 7) is 1.97. The Kier molecular flexibility index (Phi) is 4.93. The van der Waals surface area contributed by atoms with E-state index in [0.717, 1.165) is 5.56 Å². The third-order valence-electron chi connectivity index (χ3n) is 3.90. The molecule has 3 rings (SSSR count). The summed E-state index contributed by atoms with van der Waals surface area (Å²) >= 11 is 1.27. The van der Waals surface area contributed by atoms with Gasteiger partial charge in [-0.2, -0.15) is 4.31 Å². The van der Waals surface area contributed by atoms with Gasteiger partial charge in [-0.3, -0.25) is 10.1 Å². The number of aromatic nitrogens is 2. The first kappa shape index (κ1) is 17.0. The van der Waals surface area contributed by atoms with Crippen LogP contribution in [0.5, 0.6) is 0 Å². The molecule has 128 valence electrons. The molecule has 1 amide bonds. The molecule has 0 bridgehead atoms. The van der Waals surface area contributed by atoms with E-state index in [2.05, 4.69) is 15.5 Å². The van der Waals surface area contributed by atoms with Crippen LogP contribution < -0.4 is 5.32 Å². The van der Waals surface area contributed by atoms with Gasteiger partial charge in [0, 0.05) is 12.1 Å². The molecule has 7 nitrogen and oxygen atoms in total. The van der Waals surface area contributed by atoms with Crippen molar-refractivity contribution in [3.63, 3.8) is 0 Å². The van der Waals surface area contributed by atoms with Crippen molar-refractivity contribution in [2.24, 2.45) is 0 Å². The van der Waals surface area contributed by atoms with E-state index in [4.69, 9.17) is 0 Å².